The lowest BCUT2D eigenvalue weighted by Crippen LogP contribution is -2.11. The highest BCUT2D eigenvalue weighted by molar-refractivity contribution is 5.95. The van der Waals surface area contributed by atoms with Gasteiger partial charge in [-0.15, -0.1) is 5.10 Å². The van der Waals surface area contributed by atoms with Gasteiger partial charge < -0.3 is 11.1 Å². The number of carbonyl (C=O) groups excluding carboxylic acids is 1. The fourth-order valence-corrected chi connectivity index (χ4v) is 2.10. The maximum Gasteiger partial charge on any atom is 0.250 e. The molecule has 0 saturated carbocycles. The fraction of sp³-hybridized carbons (Fsp3) is 0.188. The van der Waals surface area contributed by atoms with Crippen molar-refractivity contribution in [2.75, 3.05) is 5.32 Å². The van der Waals surface area contributed by atoms with Crippen LogP contribution in [0.5, 0.6) is 0 Å². The van der Waals surface area contributed by atoms with Gasteiger partial charge in [-0.2, -0.15) is 5.10 Å². The van der Waals surface area contributed by atoms with Gasteiger partial charge in [-0.1, -0.05) is 13.8 Å². The minimum atomic E-state index is -0.532. The largest absolute Gasteiger partial charge is 0.366 e. The summed E-state index contributed by atoms with van der Waals surface area (Å²) in [6.45, 7) is 4.18. The Bertz CT molecular complexity index is 877. The quantitative estimate of drug-likeness (QED) is 0.766. The van der Waals surface area contributed by atoms with E-state index in [0.717, 1.165) is 5.56 Å². The summed E-state index contributed by atoms with van der Waals surface area (Å²) < 4.78 is 0. The van der Waals surface area contributed by atoms with E-state index in [4.69, 9.17) is 5.73 Å². The number of fused-ring (bicyclic) bond motifs is 1. The van der Waals surface area contributed by atoms with Gasteiger partial charge in [0.1, 0.15) is 5.82 Å². The lowest BCUT2D eigenvalue weighted by molar-refractivity contribution is 0.1000. The summed E-state index contributed by atoms with van der Waals surface area (Å²) >= 11 is 0. The number of pyridine rings is 2. The van der Waals surface area contributed by atoms with Crippen LogP contribution in [-0.2, 0) is 0 Å². The molecule has 0 aliphatic carbocycles. The molecule has 3 heterocycles. The molecule has 3 aromatic heterocycles. The molecule has 1 amide bonds. The van der Waals surface area contributed by atoms with Crippen LogP contribution in [0.25, 0.3) is 11.0 Å². The molecule has 0 spiro atoms. The topological polar surface area (TPSA) is 107 Å². The molecular formula is C16H16N6O. The Morgan fingerprint density at radius 1 is 1.13 bits per heavy atom. The molecule has 0 aliphatic heterocycles. The second-order valence-corrected chi connectivity index (χ2v) is 5.48. The highest BCUT2D eigenvalue weighted by atomic mass is 16.1. The van der Waals surface area contributed by atoms with E-state index < -0.39 is 5.91 Å². The maximum atomic E-state index is 11.2. The van der Waals surface area contributed by atoms with Gasteiger partial charge in [0.2, 0.25) is 5.91 Å². The van der Waals surface area contributed by atoms with Crippen molar-refractivity contribution in [3.63, 3.8) is 0 Å². The molecular weight excluding hydrogens is 292 g/mol. The lowest BCUT2D eigenvalue weighted by Gasteiger charge is -2.08. The van der Waals surface area contributed by atoms with Crippen LogP contribution in [-0.4, -0.2) is 26.1 Å². The number of nitrogens with two attached hydrogens (primary N) is 1. The summed E-state index contributed by atoms with van der Waals surface area (Å²) in [6, 6.07) is 7.16. The average Bonchev–Trinajstić information content (AvgIpc) is 2.54. The number of hydrogen-bond acceptors (Lipinski definition) is 6. The summed E-state index contributed by atoms with van der Waals surface area (Å²) in [7, 11) is 0. The Balaban J connectivity index is 1.93. The Morgan fingerprint density at radius 2 is 1.96 bits per heavy atom. The van der Waals surface area contributed by atoms with Crippen molar-refractivity contribution in [1.29, 1.82) is 0 Å². The molecule has 0 aliphatic rings. The zero-order chi connectivity index (χ0) is 16.4. The minimum absolute atomic E-state index is 0.323. The Morgan fingerprint density at radius 3 is 2.70 bits per heavy atom. The summed E-state index contributed by atoms with van der Waals surface area (Å²) in [5, 5.41) is 11.2. The molecule has 3 N–H and O–H groups in total. The number of aromatic nitrogens is 4. The van der Waals surface area contributed by atoms with E-state index in [1.165, 1.54) is 6.20 Å². The molecule has 0 atom stereocenters. The number of hydrogen-bond donors (Lipinski definition) is 2. The molecule has 3 aromatic rings. The summed E-state index contributed by atoms with van der Waals surface area (Å²) in [6.07, 6.45) is 3.18. The molecule has 23 heavy (non-hydrogen) atoms. The van der Waals surface area contributed by atoms with Crippen molar-refractivity contribution in [2.45, 2.75) is 19.8 Å². The van der Waals surface area contributed by atoms with Crippen LogP contribution in [0.4, 0.5) is 11.6 Å². The first kappa shape index (κ1) is 14.8. The number of nitrogens with one attached hydrogen (secondary N) is 1. The predicted octanol–water partition coefficient (Wildman–Crippen LogP) is 2.39. The minimum Gasteiger partial charge on any atom is -0.366 e. The summed E-state index contributed by atoms with van der Waals surface area (Å²) in [5.41, 5.74) is 7.94. The van der Waals surface area contributed by atoms with Gasteiger partial charge in [0, 0.05) is 6.20 Å². The zero-order valence-corrected chi connectivity index (χ0v) is 12.8. The number of carbonyl (C=O) groups is 1. The molecule has 116 valence electrons. The number of anilines is 2. The molecule has 0 bridgehead atoms. The molecule has 3 rings (SSSR count). The third-order valence-electron chi connectivity index (χ3n) is 3.42. The van der Waals surface area contributed by atoms with Crippen LogP contribution >= 0.6 is 0 Å². The third-order valence-corrected chi connectivity index (χ3v) is 3.42. The first-order valence-electron chi connectivity index (χ1n) is 7.19. The van der Waals surface area contributed by atoms with Crippen LogP contribution in [0.3, 0.4) is 0 Å². The molecule has 0 fully saturated rings. The van der Waals surface area contributed by atoms with Crippen molar-refractivity contribution in [1.82, 2.24) is 20.2 Å². The first-order valence-corrected chi connectivity index (χ1v) is 7.19. The standard InChI is InChI=1S/C16H16N6O/c1-9(2)10-6-15(22-19-8-10)21-14-4-3-12-13(20-14)5-11(7-18-12)16(17)23/h3-9H,1-2H3,(H2,17,23)(H,20,21,22). The van der Waals surface area contributed by atoms with E-state index in [2.05, 4.69) is 39.3 Å². The molecule has 0 aromatic carbocycles. The van der Waals surface area contributed by atoms with Crippen LogP contribution in [0.1, 0.15) is 35.7 Å². The smallest absolute Gasteiger partial charge is 0.250 e. The third kappa shape index (κ3) is 3.23. The predicted molar refractivity (Wildman–Crippen MR) is 87.5 cm³/mol. The monoisotopic (exact) mass is 308 g/mol. The highest BCUT2D eigenvalue weighted by Crippen LogP contribution is 2.20. The highest BCUT2D eigenvalue weighted by Gasteiger charge is 2.07. The van der Waals surface area contributed by atoms with E-state index in [9.17, 15) is 4.79 Å². The van der Waals surface area contributed by atoms with Crippen molar-refractivity contribution in [3.8, 4) is 0 Å². The normalized spacial score (nSPS) is 10.9. The van der Waals surface area contributed by atoms with Crippen molar-refractivity contribution in [2.24, 2.45) is 5.73 Å². The second kappa shape index (κ2) is 5.96. The fourth-order valence-electron chi connectivity index (χ4n) is 2.10. The van der Waals surface area contributed by atoms with E-state index >= 15 is 0 Å². The molecule has 0 unspecified atom stereocenters. The molecule has 0 radical (unpaired) electrons. The zero-order valence-electron chi connectivity index (χ0n) is 12.8. The molecule has 7 heteroatoms. The Labute approximate surface area is 133 Å². The Hall–Kier alpha value is -3.09. The van der Waals surface area contributed by atoms with Crippen LogP contribution in [0.15, 0.2) is 36.7 Å². The van der Waals surface area contributed by atoms with Gasteiger partial charge in [-0.05, 0) is 35.7 Å². The van der Waals surface area contributed by atoms with E-state index in [1.54, 1.807) is 18.3 Å². The SMILES string of the molecule is CC(C)c1cnnc(Nc2ccc3ncc(C(N)=O)cc3n2)c1. The lowest BCUT2D eigenvalue weighted by atomic mass is 10.1. The van der Waals surface area contributed by atoms with E-state index in [1.807, 2.05) is 12.1 Å². The van der Waals surface area contributed by atoms with Gasteiger partial charge in [-0.25, -0.2) is 4.98 Å². The van der Waals surface area contributed by atoms with Gasteiger partial charge in [0.25, 0.3) is 0 Å². The van der Waals surface area contributed by atoms with Crippen LogP contribution in [0, 0.1) is 0 Å². The van der Waals surface area contributed by atoms with Gasteiger partial charge in [-0.3, -0.25) is 9.78 Å². The van der Waals surface area contributed by atoms with Gasteiger partial charge >= 0.3 is 0 Å². The summed E-state index contributed by atoms with van der Waals surface area (Å²) in [4.78, 5) is 19.9. The van der Waals surface area contributed by atoms with Gasteiger partial charge in [0.05, 0.1) is 22.8 Å². The van der Waals surface area contributed by atoms with E-state index in [0.29, 0.717) is 34.2 Å². The van der Waals surface area contributed by atoms with Crippen molar-refractivity contribution < 1.29 is 4.79 Å². The maximum absolute atomic E-state index is 11.2. The van der Waals surface area contributed by atoms with Crippen molar-refractivity contribution >= 4 is 28.6 Å². The van der Waals surface area contributed by atoms with Crippen LogP contribution in [0.2, 0.25) is 0 Å². The number of primary amides is 1. The van der Waals surface area contributed by atoms with Gasteiger partial charge in [0.15, 0.2) is 5.82 Å². The van der Waals surface area contributed by atoms with E-state index in [-0.39, 0.29) is 0 Å². The molecule has 7 nitrogen and oxygen atoms in total. The van der Waals surface area contributed by atoms with Crippen LogP contribution < -0.4 is 11.1 Å². The first-order chi connectivity index (χ1) is 11.0. The summed E-state index contributed by atoms with van der Waals surface area (Å²) in [5.74, 6) is 1.03. The average molecular weight is 308 g/mol. The number of amides is 1. The molecule has 0 saturated heterocycles. The second-order valence-electron chi connectivity index (χ2n) is 5.48. The number of nitrogens with zero attached hydrogens (tertiary/aromatic N) is 4. The number of rotatable bonds is 4. The van der Waals surface area contributed by atoms with Crippen molar-refractivity contribution in [3.05, 3.63) is 47.8 Å². The Kier molecular flexibility index (Phi) is 3.84.